The molecule has 0 aliphatic rings. The largest absolute Gasteiger partial charge is 0.396 e. The van der Waals surface area contributed by atoms with E-state index in [-0.39, 0.29) is 6.61 Å². The molecule has 3 heteroatoms. The van der Waals surface area contributed by atoms with Crippen LogP contribution in [0.2, 0.25) is 0 Å². The van der Waals surface area contributed by atoms with Gasteiger partial charge in [0.15, 0.2) is 0 Å². The number of nitrogens with zero attached hydrogens (tertiary/aromatic N) is 1. The second-order valence-corrected chi connectivity index (χ2v) is 3.87. The van der Waals surface area contributed by atoms with Crippen molar-refractivity contribution in [2.75, 3.05) is 39.3 Å². The molecule has 0 aliphatic heterocycles. The molecule has 0 heterocycles. The van der Waals surface area contributed by atoms with E-state index in [4.69, 9.17) is 5.11 Å². The first-order valence-electron chi connectivity index (χ1n) is 5.95. The molecule has 15 heavy (non-hydrogen) atoms. The van der Waals surface area contributed by atoms with Crippen molar-refractivity contribution in [2.45, 2.75) is 26.7 Å². The van der Waals surface area contributed by atoms with Crippen LogP contribution in [0.4, 0.5) is 0 Å². The lowest BCUT2D eigenvalue weighted by Crippen LogP contribution is -2.30. The van der Waals surface area contributed by atoms with Crippen LogP contribution in [-0.2, 0) is 0 Å². The van der Waals surface area contributed by atoms with Gasteiger partial charge in [-0.25, -0.2) is 0 Å². The van der Waals surface area contributed by atoms with E-state index in [9.17, 15) is 0 Å². The van der Waals surface area contributed by atoms with Crippen molar-refractivity contribution < 1.29 is 5.11 Å². The van der Waals surface area contributed by atoms with Crippen molar-refractivity contribution in [1.82, 2.24) is 10.2 Å². The molecule has 0 atom stereocenters. The van der Waals surface area contributed by atoms with Gasteiger partial charge >= 0.3 is 0 Å². The van der Waals surface area contributed by atoms with E-state index in [1.54, 1.807) is 0 Å². The van der Waals surface area contributed by atoms with Gasteiger partial charge in [-0.15, -0.1) is 0 Å². The average molecular weight is 214 g/mol. The molecule has 0 saturated heterocycles. The molecule has 0 rings (SSSR count). The fourth-order valence-electron chi connectivity index (χ4n) is 1.46. The molecule has 2 N–H and O–H groups in total. The van der Waals surface area contributed by atoms with Crippen molar-refractivity contribution in [3.8, 4) is 0 Å². The van der Waals surface area contributed by atoms with Crippen molar-refractivity contribution in [3.63, 3.8) is 0 Å². The quantitative estimate of drug-likeness (QED) is 0.424. The van der Waals surface area contributed by atoms with Crippen LogP contribution in [0.5, 0.6) is 0 Å². The highest BCUT2D eigenvalue weighted by molar-refractivity contribution is 4.99. The molecule has 3 nitrogen and oxygen atoms in total. The third kappa shape index (κ3) is 8.60. The third-order valence-corrected chi connectivity index (χ3v) is 2.33. The second kappa shape index (κ2) is 10.1. The van der Waals surface area contributed by atoms with Gasteiger partial charge in [0.1, 0.15) is 0 Å². The number of hydrogen-bond acceptors (Lipinski definition) is 3. The predicted molar refractivity (Wildman–Crippen MR) is 66.1 cm³/mol. The Hall–Kier alpha value is -0.380. The minimum Gasteiger partial charge on any atom is -0.396 e. The van der Waals surface area contributed by atoms with Crippen LogP contribution in [-0.4, -0.2) is 49.3 Å². The summed E-state index contributed by atoms with van der Waals surface area (Å²) in [6.07, 6.45) is 2.01. The summed E-state index contributed by atoms with van der Waals surface area (Å²) in [5.41, 5.74) is 1.23. The molecule has 90 valence electrons. The Kier molecular flexibility index (Phi) is 9.89. The summed E-state index contributed by atoms with van der Waals surface area (Å²) >= 11 is 0. The molecule has 0 bridgehead atoms. The molecule has 0 unspecified atom stereocenters. The van der Waals surface area contributed by atoms with Gasteiger partial charge in [-0.2, -0.15) is 0 Å². The minimum atomic E-state index is 0.275. The molecule has 0 amide bonds. The van der Waals surface area contributed by atoms with Gasteiger partial charge in [-0.1, -0.05) is 20.4 Å². The SMILES string of the molecule is C=C(CNCCC)CN(CC)CCCO. The number of aliphatic hydroxyl groups is 1. The molecule has 0 aliphatic carbocycles. The topological polar surface area (TPSA) is 35.5 Å². The first-order valence-corrected chi connectivity index (χ1v) is 5.95. The predicted octanol–water partition coefficient (Wildman–Crippen LogP) is 1.25. The van der Waals surface area contributed by atoms with E-state index in [1.165, 1.54) is 5.57 Å². The Balaban J connectivity index is 3.60. The minimum absolute atomic E-state index is 0.275. The van der Waals surface area contributed by atoms with Crippen LogP contribution >= 0.6 is 0 Å². The third-order valence-electron chi connectivity index (χ3n) is 2.33. The van der Waals surface area contributed by atoms with Gasteiger partial charge < -0.3 is 10.4 Å². The zero-order chi connectivity index (χ0) is 11.5. The van der Waals surface area contributed by atoms with Crippen LogP contribution in [0.3, 0.4) is 0 Å². The molecule has 0 aromatic heterocycles. The molecular weight excluding hydrogens is 188 g/mol. The van der Waals surface area contributed by atoms with Gasteiger partial charge in [0.2, 0.25) is 0 Å². The van der Waals surface area contributed by atoms with Crippen molar-refractivity contribution in [3.05, 3.63) is 12.2 Å². The van der Waals surface area contributed by atoms with Crippen molar-refractivity contribution >= 4 is 0 Å². The highest BCUT2D eigenvalue weighted by Gasteiger charge is 2.03. The molecule has 0 radical (unpaired) electrons. The Labute approximate surface area is 94.2 Å². The summed E-state index contributed by atoms with van der Waals surface area (Å²) in [7, 11) is 0. The highest BCUT2D eigenvalue weighted by atomic mass is 16.3. The number of aliphatic hydroxyl groups excluding tert-OH is 1. The first kappa shape index (κ1) is 14.6. The average Bonchev–Trinajstić information content (AvgIpc) is 2.24. The Bertz CT molecular complexity index is 160. The maximum Gasteiger partial charge on any atom is 0.0443 e. The Morgan fingerprint density at radius 3 is 2.67 bits per heavy atom. The van der Waals surface area contributed by atoms with Crippen molar-refractivity contribution in [2.24, 2.45) is 0 Å². The Morgan fingerprint density at radius 2 is 2.13 bits per heavy atom. The van der Waals surface area contributed by atoms with Crippen molar-refractivity contribution in [1.29, 1.82) is 0 Å². The van der Waals surface area contributed by atoms with Gasteiger partial charge in [0.25, 0.3) is 0 Å². The lowest BCUT2D eigenvalue weighted by molar-refractivity contribution is 0.239. The molecule has 0 saturated carbocycles. The van der Waals surface area contributed by atoms with E-state index in [0.717, 1.165) is 45.6 Å². The molecule has 0 fully saturated rings. The summed E-state index contributed by atoms with van der Waals surface area (Å²) in [5.74, 6) is 0. The van der Waals surface area contributed by atoms with Crippen LogP contribution in [0.15, 0.2) is 12.2 Å². The van der Waals surface area contributed by atoms with E-state index in [0.29, 0.717) is 0 Å². The maximum atomic E-state index is 8.76. The standard InChI is InChI=1S/C12H26N2O/c1-4-7-13-10-12(3)11-14(5-2)8-6-9-15/h13,15H,3-11H2,1-2H3. The summed E-state index contributed by atoms with van der Waals surface area (Å²) in [6.45, 7) is 13.5. The fourth-order valence-corrected chi connectivity index (χ4v) is 1.46. The van der Waals surface area contributed by atoms with Gasteiger partial charge in [0.05, 0.1) is 0 Å². The van der Waals surface area contributed by atoms with Crippen LogP contribution in [0.25, 0.3) is 0 Å². The second-order valence-electron chi connectivity index (χ2n) is 3.87. The summed E-state index contributed by atoms with van der Waals surface area (Å²) < 4.78 is 0. The number of rotatable bonds is 10. The summed E-state index contributed by atoms with van der Waals surface area (Å²) in [4.78, 5) is 2.31. The molecule has 0 aromatic carbocycles. The van der Waals surface area contributed by atoms with E-state index in [1.807, 2.05) is 0 Å². The number of hydrogen-bond donors (Lipinski definition) is 2. The zero-order valence-corrected chi connectivity index (χ0v) is 10.3. The lowest BCUT2D eigenvalue weighted by atomic mass is 10.2. The van der Waals surface area contributed by atoms with Crippen LogP contribution < -0.4 is 5.32 Å². The summed E-state index contributed by atoms with van der Waals surface area (Å²) in [5, 5.41) is 12.1. The normalized spacial score (nSPS) is 10.9. The molecule has 0 spiro atoms. The first-order chi connectivity index (χ1) is 7.24. The van der Waals surface area contributed by atoms with Gasteiger partial charge in [-0.05, 0) is 31.5 Å². The highest BCUT2D eigenvalue weighted by Crippen LogP contribution is 1.97. The van der Waals surface area contributed by atoms with Crippen LogP contribution in [0.1, 0.15) is 26.7 Å². The smallest absolute Gasteiger partial charge is 0.0443 e. The van der Waals surface area contributed by atoms with Gasteiger partial charge in [-0.3, -0.25) is 4.90 Å². The monoisotopic (exact) mass is 214 g/mol. The van der Waals surface area contributed by atoms with E-state index >= 15 is 0 Å². The lowest BCUT2D eigenvalue weighted by Gasteiger charge is -2.21. The molecule has 0 aromatic rings. The number of nitrogens with one attached hydrogen (secondary N) is 1. The fraction of sp³-hybridized carbons (Fsp3) is 0.833. The Morgan fingerprint density at radius 1 is 1.40 bits per heavy atom. The van der Waals surface area contributed by atoms with Gasteiger partial charge in [0, 0.05) is 26.2 Å². The van der Waals surface area contributed by atoms with E-state index < -0.39 is 0 Å². The zero-order valence-electron chi connectivity index (χ0n) is 10.3. The summed E-state index contributed by atoms with van der Waals surface area (Å²) in [6, 6.07) is 0. The van der Waals surface area contributed by atoms with Crippen LogP contribution in [0, 0.1) is 0 Å². The maximum absolute atomic E-state index is 8.76. The van der Waals surface area contributed by atoms with E-state index in [2.05, 4.69) is 30.6 Å². The molecular formula is C12H26N2O. The number of likely N-dealkylation sites (N-methyl/N-ethyl adjacent to an activating group) is 1.